The van der Waals surface area contributed by atoms with Crippen LogP contribution in [0.2, 0.25) is 0 Å². The average molecular weight is 291 g/mol. The Morgan fingerprint density at radius 1 is 1.20 bits per heavy atom. The molecule has 0 radical (unpaired) electrons. The number of aromatic nitrogens is 2. The first-order chi connectivity index (χ1) is 9.72. The van der Waals surface area contributed by atoms with Crippen molar-refractivity contribution in [2.24, 2.45) is 0 Å². The summed E-state index contributed by atoms with van der Waals surface area (Å²) in [6, 6.07) is 6.31. The van der Waals surface area contributed by atoms with Gasteiger partial charge in [0.05, 0.1) is 6.61 Å². The molecule has 4 nitrogen and oxygen atoms in total. The smallest absolute Gasteiger partial charge is 0.148 e. The molecule has 0 spiro atoms. The number of rotatable bonds is 7. The molecule has 2 rings (SSSR count). The number of methoxy groups -OCH3 is 1. The molecule has 0 bridgehead atoms. The third-order valence-corrected chi connectivity index (χ3v) is 4.32. The molecule has 2 aromatic rings. The Morgan fingerprint density at radius 2 is 2.05 bits per heavy atom. The SMILES string of the molecule is COCCNCCc1nnc(-c2cccc(C)c2C)s1. The zero-order valence-corrected chi connectivity index (χ0v) is 13.1. The summed E-state index contributed by atoms with van der Waals surface area (Å²) in [5, 5.41) is 14.0. The molecule has 108 valence electrons. The highest BCUT2D eigenvalue weighted by atomic mass is 32.1. The largest absolute Gasteiger partial charge is 0.383 e. The number of benzene rings is 1. The van der Waals surface area contributed by atoms with E-state index in [0.29, 0.717) is 0 Å². The number of nitrogens with zero attached hydrogens (tertiary/aromatic N) is 2. The summed E-state index contributed by atoms with van der Waals surface area (Å²) in [5.74, 6) is 0. The van der Waals surface area contributed by atoms with Crippen molar-refractivity contribution in [3.63, 3.8) is 0 Å². The topological polar surface area (TPSA) is 47.0 Å². The minimum atomic E-state index is 0.740. The molecule has 0 atom stereocenters. The number of aryl methyl sites for hydroxylation is 1. The predicted octanol–water partition coefficient (Wildman–Crippen LogP) is 2.60. The first kappa shape index (κ1) is 15.1. The van der Waals surface area contributed by atoms with Crippen LogP contribution in [0.1, 0.15) is 16.1 Å². The second kappa shape index (κ2) is 7.47. The standard InChI is InChI=1S/C15H21N3OS/c1-11-5-4-6-13(12(11)2)15-18-17-14(20-15)7-8-16-9-10-19-3/h4-6,16H,7-10H2,1-3H3. The van der Waals surface area contributed by atoms with Gasteiger partial charge in [-0.3, -0.25) is 0 Å². The molecule has 0 saturated carbocycles. The lowest BCUT2D eigenvalue weighted by atomic mass is 10.0. The molecule has 0 saturated heterocycles. The van der Waals surface area contributed by atoms with E-state index >= 15 is 0 Å². The fourth-order valence-electron chi connectivity index (χ4n) is 1.94. The van der Waals surface area contributed by atoms with Gasteiger partial charge in [0.1, 0.15) is 10.0 Å². The van der Waals surface area contributed by atoms with Crippen LogP contribution in [0.4, 0.5) is 0 Å². The van der Waals surface area contributed by atoms with Crippen molar-refractivity contribution in [2.45, 2.75) is 20.3 Å². The zero-order chi connectivity index (χ0) is 14.4. The lowest BCUT2D eigenvalue weighted by Gasteiger charge is -2.04. The normalized spacial score (nSPS) is 10.9. The van der Waals surface area contributed by atoms with Gasteiger partial charge in [-0.1, -0.05) is 29.5 Å². The Labute approximate surface area is 124 Å². The molecule has 0 aliphatic rings. The molecule has 0 unspecified atom stereocenters. The summed E-state index contributed by atoms with van der Waals surface area (Å²) in [5.41, 5.74) is 3.77. The van der Waals surface area contributed by atoms with Crippen LogP contribution in [0.5, 0.6) is 0 Å². The summed E-state index contributed by atoms with van der Waals surface area (Å²) >= 11 is 1.68. The molecule has 0 fully saturated rings. The Balaban J connectivity index is 1.97. The maximum atomic E-state index is 4.99. The summed E-state index contributed by atoms with van der Waals surface area (Å²) in [6.45, 7) is 6.78. The van der Waals surface area contributed by atoms with E-state index in [9.17, 15) is 0 Å². The van der Waals surface area contributed by atoms with E-state index in [1.807, 2.05) is 0 Å². The van der Waals surface area contributed by atoms with Gasteiger partial charge in [0.15, 0.2) is 0 Å². The van der Waals surface area contributed by atoms with Crippen molar-refractivity contribution in [2.75, 3.05) is 26.8 Å². The molecular formula is C15H21N3OS. The number of hydrogen-bond acceptors (Lipinski definition) is 5. The summed E-state index contributed by atoms with van der Waals surface area (Å²) in [6.07, 6.45) is 0.909. The minimum absolute atomic E-state index is 0.740. The van der Waals surface area contributed by atoms with E-state index in [2.05, 4.69) is 47.6 Å². The average Bonchev–Trinajstić information content (AvgIpc) is 2.90. The monoisotopic (exact) mass is 291 g/mol. The Morgan fingerprint density at radius 3 is 2.85 bits per heavy atom. The number of ether oxygens (including phenoxy) is 1. The third kappa shape index (κ3) is 3.85. The fourth-order valence-corrected chi connectivity index (χ4v) is 2.86. The predicted molar refractivity (Wildman–Crippen MR) is 83.3 cm³/mol. The van der Waals surface area contributed by atoms with Gasteiger partial charge in [0.2, 0.25) is 0 Å². The number of hydrogen-bond donors (Lipinski definition) is 1. The third-order valence-electron chi connectivity index (χ3n) is 3.30. The molecule has 1 N–H and O–H groups in total. The Kier molecular flexibility index (Phi) is 5.64. The molecule has 0 aliphatic carbocycles. The van der Waals surface area contributed by atoms with Crippen LogP contribution in [-0.2, 0) is 11.2 Å². The quantitative estimate of drug-likeness (QED) is 0.797. The van der Waals surface area contributed by atoms with E-state index in [4.69, 9.17) is 4.74 Å². The van der Waals surface area contributed by atoms with Gasteiger partial charge >= 0.3 is 0 Å². The molecule has 0 amide bonds. The molecule has 5 heteroatoms. The van der Waals surface area contributed by atoms with Gasteiger partial charge in [-0.05, 0) is 25.0 Å². The molecular weight excluding hydrogens is 270 g/mol. The minimum Gasteiger partial charge on any atom is -0.383 e. The maximum Gasteiger partial charge on any atom is 0.148 e. The summed E-state index contributed by atoms with van der Waals surface area (Å²) in [4.78, 5) is 0. The Hall–Kier alpha value is -1.30. The summed E-state index contributed by atoms with van der Waals surface area (Å²) in [7, 11) is 1.71. The van der Waals surface area contributed by atoms with E-state index in [1.54, 1.807) is 18.4 Å². The van der Waals surface area contributed by atoms with Crippen LogP contribution in [-0.4, -0.2) is 37.0 Å². The highest BCUT2D eigenvalue weighted by Gasteiger charge is 2.09. The van der Waals surface area contributed by atoms with Crippen LogP contribution >= 0.6 is 11.3 Å². The van der Waals surface area contributed by atoms with Crippen LogP contribution in [0.15, 0.2) is 18.2 Å². The molecule has 1 aromatic carbocycles. The molecule has 0 aliphatic heterocycles. The van der Waals surface area contributed by atoms with Crippen molar-refractivity contribution in [3.05, 3.63) is 34.3 Å². The first-order valence-corrected chi connectivity index (χ1v) is 7.62. The van der Waals surface area contributed by atoms with Crippen molar-refractivity contribution in [3.8, 4) is 10.6 Å². The van der Waals surface area contributed by atoms with Crippen LogP contribution in [0, 0.1) is 13.8 Å². The second-order valence-corrected chi connectivity index (χ2v) is 5.80. The first-order valence-electron chi connectivity index (χ1n) is 6.81. The van der Waals surface area contributed by atoms with Crippen molar-refractivity contribution < 1.29 is 4.74 Å². The number of nitrogens with one attached hydrogen (secondary N) is 1. The van der Waals surface area contributed by atoms with Crippen LogP contribution in [0.3, 0.4) is 0 Å². The van der Waals surface area contributed by atoms with E-state index in [1.165, 1.54) is 16.7 Å². The lowest BCUT2D eigenvalue weighted by molar-refractivity contribution is 0.199. The van der Waals surface area contributed by atoms with E-state index in [-0.39, 0.29) is 0 Å². The molecule has 1 heterocycles. The van der Waals surface area contributed by atoms with Gasteiger partial charge in [-0.2, -0.15) is 0 Å². The van der Waals surface area contributed by atoms with Crippen LogP contribution < -0.4 is 5.32 Å². The summed E-state index contributed by atoms with van der Waals surface area (Å²) < 4.78 is 4.99. The van der Waals surface area contributed by atoms with Gasteiger partial charge in [0.25, 0.3) is 0 Å². The highest BCUT2D eigenvalue weighted by molar-refractivity contribution is 7.14. The van der Waals surface area contributed by atoms with Gasteiger partial charge in [0, 0.05) is 32.2 Å². The fraction of sp³-hybridized carbons (Fsp3) is 0.467. The van der Waals surface area contributed by atoms with Crippen molar-refractivity contribution >= 4 is 11.3 Å². The van der Waals surface area contributed by atoms with Crippen LogP contribution in [0.25, 0.3) is 10.6 Å². The highest BCUT2D eigenvalue weighted by Crippen LogP contribution is 2.28. The second-order valence-electron chi connectivity index (χ2n) is 4.74. The van der Waals surface area contributed by atoms with E-state index in [0.717, 1.165) is 36.1 Å². The van der Waals surface area contributed by atoms with Gasteiger partial charge < -0.3 is 10.1 Å². The Bertz CT molecular complexity index is 554. The van der Waals surface area contributed by atoms with Crippen molar-refractivity contribution in [1.29, 1.82) is 0 Å². The molecule has 1 aromatic heterocycles. The van der Waals surface area contributed by atoms with E-state index < -0.39 is 0 Å². The van der Waals surface area contributed by atoms with Gasteiger partial charge in [-0.25, -0.2) is 0 Å². The molecule has 20 heavy (non-hydrogen) atoms. The zero-order valence-electron chi connectivity index (χ0n) is 12.3. The van der Waals surface area contributed by atoms with Crippen molar-refractivity contribution in [1.82, 2.24) is 15.5 Å². The lowest BCUT2D eigenvalue weighted by Crippen LogP contribution is -2.21. The maximum absolute atomic E-state index is 4.99. The van der Waals surface area contributed by atoms with Gasteiger partial charge in [-0.15, -0.1) is 10.2 Å².